The highest BCUT2D eigenvalue weighted by Crippen LogP contribution is 2.26. The molecule has 0 aromatic heterocycles. The Balaban J connectivity index is 3.14. The number of anilines is 1. The average molecular weight is 177 g/mol. The maximum absolute atomic E-state index is 10.00. The van der Waals surface area contributed by atoms with Crippen LogP contribution in [0.25, 0.3) is 0 Å². The summed E-state index contributed by atoms with van der Waals surface area (Å²) in [6, 6.07) is 7.33. The van der Waals surface area contributed by atoms with E-state index in [1.807, 2.05) is 31.2 Å². The summed E-state index contributed by atoms with van der Waals surface area (Å²) in [5.41, 5.74) is 6.13. The first kappa shape index (κ1) is 9.81. The molecule has 1 unspecified atom stereocenters. The third-order valence-electron chi connectivity index (χ3n) is 2.00. The van der Waals surface area contributed by atoms with Gasteiger partial charge < -0.3 is 10.8 Å². The number of nitrogens with two attached hydrogens (primary N) is 1. The van der Waals surface area contributed by atoms with Crippen LogP contribution in [0.5, 0.6) is 0 Å². The lowest BCUT2D eigenvalue weighted by atomic mass is 9.94. The third kappa shape index (κ3) is 2.10. The number of hydrogen-bond donors (Lipinski definition) is 2. The minimum atomic E-state index is -0.972. The van der Waals surface area contributed by atoms with Gasteiger partial charge in [0.15, 0.2) is 0 Å². The Bertz CT molecular complexity index is 316. The number of aliphatic hydroxyl groups is 1. The van der Waals surface area contributed by atoms with E-state index in [2.05, 4.69) is 0 Å². The zero-order chi connectivity index (χ0) is 9.90. The summed E-state index contributed by atoms with van der Waals surface area (Å²) in [5.74, 6) is 0. The van der Waals surface area contributed by atoms with Gasteiger partial charge in [-0.2, -0.15) is 0 Å². The molecule has 0 radical (unpaired) electrons. The van der Waals surface area contributed by atoms with Crippen molar-refractivity contribution in [1.29, 1.82) is 0 Å². The molecule has 2 heteroatoms. The largest absolute Gasteiger partial charge is 0.398 e. The Morgan fingerprint density at radius 3 is 2.54 bits per heavy atom. The summed E-state index contributed by atoms with van der Waals surface area (Å²) in [6.07, 6.45) is 3.53. The van der Waals surface area contributed by atoms with Crippen molar-refractivity contribution in [3.05, 3.63) is 42.0 Å². The number of nitrogen functional groups attached to an aromatic ring is 1. The summed E-state index contributed by atoms with van der Waals surface area (Å²) in [4.78, 5) is 0. The van der Waals surface area contributed by atoms with Crippen LogP contribution in [0.3, 0.4) is 0 Å². The van der Waals surface area contributed by atoms with Crippen molar-refractivity contribution in [2.45, 2.75) is 19.4 Å². The van der Waals surface area contributed by atoms with Crippen molar-refractivity contribution in [2.24, 2.45) is 0 Å². The molecule has 1 aromatic rings. The zero-order valence-corrected chi connectivity index (χ0v) is 7.99. The molecule has 3 N–H and O–H groups in total. The first-order valence-electron chi connectivity index (χ1n) is 4.29. The van der Waals surface area contributed by atoms with E-state index in [9.17, 15) is 5.11 Å². The fraction of sp³-hybridized carbons (Fsp3) is 0.273. The Kier molecular flexibility index (Phi) is 2.73. The molecule has 0 fully saturated rings. The Morgan fingerprint density at radius 2 is 2.00 bits per heavy atom. The standard InChI is InChI=1S/C11H15NO/c1-3-8-11(2,13)9-6-4-5-7-10(9)12/h3-8,13H,12H2,1-2H3/b8-3+. The van der Waals surface area contributed by atoms with Gasteiger partial charge in [0.25, 0.3) is 0 Å². The first-order chi connectivity index (χ1) is 6.08. The van der Waals surface area contributed by atoms with Gasteiger partial charge in [-0.05, 0) is 19.9 Å². The van der Waals surface area contributed by atoms with Crippen LogP contribution in [0.15, 0.2) is 36.4 Å². The summed E-state index contributed by atoms with van der Waals surface area (Å²) in [7, 11) is 0. The molecule has 0 spiro atoms. The number of hydrogen-bond acceptors (Lipinski definition) is 2. The van der Waals surface area contributed by atoms with E-state index in [4.69, 9.17) is 5.73 Å². The van der Waals surface area contributed by atoms with E-state index in [0.717, 1.165) is 5.56 Å². The fourth-order valence-electron chi connectivity index (χ4n) is 1.37. The van der Waals surface area contributed by atoms with Gasteiger partial charge in [-0.1, -0.05) is 30.4 Å². The Morgan fingerprint density at radius 1 is 1.38 bits per heavy atom. The predicted molar refractivity (Wildman–Crippen MR) is 55.2 cm³/mol. The minimum Gasteiger partial charge on any atom is -0.398 e. The quantitative estimate of drug-likeness (QED) is 0.536. The van der Waals surface area contributed by atoms with Gasteiger partial charge in [0.1, 0.15) is 5.60 Å². The Labute approximate surface area is 78.7 Å². The van der Waals surface area contributed by atoms with Gasteiger partial charge in [-0.15, -0.1) is 0 Å². The second-order valence-electron chi connectivity index (χ2n) is 3.23. The molecule has 0 aliphatic rings. The van der Waals surface area contributed by atoms with E-state index >= 15 is 0 Å². The van der Waals surface area contributed by atoms with Gasteiger partial charge in [-0.3, -0.25) is 0 Å². The lowest BCUT2D eigenvalue weighted by Crippen LogP contribution is -2.19. The molecule has 0 heterocycles. The molecule has 70 valence electrons. The van der Waals surface area contributed by atoms with Gasteiger partial charge in [0, 0.05) is 11.3 Å². The molecular formula is C11H15NO. The third-order valence-corrected chi connectivity index (χ3v) is 2.00. The lowest BCUT2D eigenvalue weighted by Gasteiger charge is -2.21. The van der Waals surface area contributed by atoms with Gasteiger partial charge in [0.05, 0.1) is 0 Å². The minimum absolute atomic E-state index is 0.616. The molecule has 1 aromatic carbocycles. The lowest BCUT2D eigenvalue weighted by molar-refractivity contribution is 0.112. The van der Waals surface area contributed by atoms with Crippen molar-refractivity contribution in [2.75, 3.05) is 5.73 Å². The van der Waals surface area contributed by atoms with E-state index < -0.39 is 5.60 Å². The second kappa shape index (κ2) is 3.62. The molecule has 0 amide bonds. The number of benzene rings is 1. The Hall–Kier alpha value is -1.28. The summed E-state index contributed by atoms with van der Waals surface area (Å²) < 4.78 is 0. The molecule has 0 saturated heterocycles. The van der Waals surface area contributed by atoms with Gasteiger partial charge in [-0.25, -0.2) is 0 Å². The van der Waals surface area contributed by atoms with Crippen LogP contribution in [-0.4, -0.2) is 5.11 Å². The first-order valence-corrected chi connectivity index (χ1v) is 4.29. The summed E-state index contributed by atoms with van der Waals surface area (Å²) in [6.45, 7) is 3.59. The normalized spacial score (nSPS) is 15.9. The molecule has 1 atom stereocenters. The van der Waals surface area contributed by atoms with E-state index in [1.54, 1.807) is 19.1 Å². The number of para-hydroxylation sites is 1. The molecule has 0 bridgehead atoms. The zero-order valence-electron chi connectivity index (χ0n) is 7.99. The molecular weight excluding hydrogens is 162 g/mol. The topological polar surface area (TPSA) is 46.2 Å². The van der Waals surface area contributed by atoms with Crippen LogP contribution in [0.1, 0.15) is 19.4 Å². The van der Waals surface area contributed by atoms with Gasteiger partial charge in [0.2, 0.25) is 0 Å². The van der Waals surface area contributed by atoms with Crippen LogP contribution < -0.4 is 5.73 Å². The molecule has 2 nitrogen and oxygen atoms in total. The smallest absolute Gasteiger partial charge is 0.107 e. The maximum atomic E-state index is 10.00. The SMILES string of the molecule is C/C=C/C(C)(O)c1ccccc1N. The van der Waals surface area contributed by atoms with Crippen molar-refractivity contribution < 1.29 is 5.11 Å². The van der Waals surface area contributed by atoms with Crippen LogP contribution in [0, 0.1) is 0 Å². The monoisotopic (exact) mass is 177 g/mol. The van der Waals surface area contributed by atoms with E-state index in [0.29, 0.717) is 5.69 Å². The summed E-state index contributed by atoms with van der Waals surface area (Å²) in [5, 5.41) is 10.00. The second-order valence-corrected chi connectivity index (χ2v) is 3.23. The fourth-order valence-corrected chi connectivity index (χ4v) is 1.37. The predicted octanol–water partition coefficient (Wildman–Crippen LogP) is 2.05. The number of rotatable bonds is 2. The van der Waals surface area contributed by atoms with E-state index in [-0.39, 0.29) is 0 Å². The molecule has 0 saturated carbocycles. The highest BCUT2D eigenvalue weighted by molar-refractivity contribution is 5.50. The van der Waals surface area contributed by atoms with Crippen LogP contribution in [0.2, 0.25) is 0 Å². The molecule has 0 aliphatic heterocycles. The highest BCUT2D eigenvalue weighted by atomic mass is 16.3. The highest BCUT2D eigenvalue weighted by Gasteiger charge is 2.20. The van der Waals surface area contributed by atoms with Crippen molar-refractivity contribution in [3.63, 3.8) is 0 Å². The van der Waals surface area contributed by atoms with Crippen LogP contribution >= 0.6 is 0 Å². The van der Waals surface area contributed by atoms with E-state index in [1.165, 1.54) is 0 Å². The average Bonchev–Trinajstić information content (AvgIpc) is 2.04. The van der Waals surface area contributed by atoms with Crippen molar-refractivity contribution in [3.8, 4) is 0 Å². The van der Waals surface area contributed by atoms with Crippen molar-refractivity contribution >= 4 is 5.69 Å². The van der Waals surface area contributed by atoms with Gasteiger partial charge >= 0.3 is 0 Å². The van der Waals surface area contributed by atoms with Crippen molar-refractivity contribution in [1.82, 2.24) is 0 Å². The number of allylic oxidation sites excluding steroid dienone is 1. The molecule has 13 heavy (non-hydrogen) atoms. The maximum Gasteiger partial charge on any atom is 0.107 e. The summed E-state index contributed by atoms with van der Waals surface area (Å²) >= 11 is 0. The van der Waals surface area contributed by atoms with Crippen LogP contribution in [-0.2, 0) is 5.60 Å². The van der Waals surface area contributed by atoms with Crippen LogP contribution in [0.4, 0.5) is 5.69 Å². The molecule has 1 rings (SSSR count). The molecule has 0 aliphatic carbocycles.